The van der Waals surface area contributed by atoms with Gasteiger partial charge in [0.1, 0.15) is 5.01 Å². The van der Waals surface area contributed by atoms with Crippen LogP contribution in [0.3, 0.4) is 0 Å². The minimum atomic E-state index is -0.543. The van der Waals surface area contributed by atoms with E-state index in [2.05, 4.69) is 39.8 Å². The van der Waals surface area contributed by atoms with Crippen LogP contribution < -0.4 is 10.8 Å². The molecule has 2 amide bonds. The largest absolute Gasteiger partial charge is 0.392 e. The Kier molecular flexibility index (Phi) is 13.5. The van der Waals surface area contributed by atoms with E-state index in [-0.39, 0.29) is 37.0 Å². The molecule has 3 aromatic carbocycles. The molecule has 48 heavy (non-hydrogen) atoms. The average molecular weight is 691 g/mol. The Morgan fingerprint density at radius 1 is 0.875 bits per heavy atom. The lowest BCUT2D eigenvalue weighted by Crippen LogP contribution is -2.31. The lowest BCUT2D eigenvalue weighted by molar-refractivity contribution is -0.245. The second-order valence-corrected chi connectivity index (χ2v) is 14.2. The molecule has 1 aliphatic rings. The number of benzene rings is 3. The van der Waals surface area contributed by atoms with Crippen LogP contribution in [-0.4, -0.2) is 44.2 Å². The Bertz CT molecular complexity index is 1620. The number of nitrogens with one attached hydrogen (secondary N) is 2. The first-order valence-corrected chi connectivity index (χ1v) is 18.0. The third-order valence-corrected chi connectivity index (χ3v) is 10.2. The minimum absolute atomic E-state index is 0.000218. The second kappa shape index (κ2) is 18.2. The normalized spacial score (nSPS) is 17.6. The van der Waals surface area contributed by atoms with Crippen LogP contribution in [0.2, 0.25) is 0 Å². The predicted molar refractivity (Wildman–Crippen MR) is 185 cm³/mol. The van der Waals surface area contributed by atoms with Crippen molar-refractivity contribution < 1.29 is 29.4 Å². The molecule has 1 aromatic heterocycles. The van der Waals surface area contributed by atoms with Gasteiger partial charge in [0.05, 0.1) is 18.8 Å². The number of aryl methyl sites for hydroxylation is 1. The maximum absolute atomic E-state index is 12.4. The van der Waals surface area contributed by atoms with Crippen molar-refractivity contribution >= 4 is 34.9 Å². The molecule has 3 unspecified atom stereocenters. The number of ether oxygens (including phenoxy) is 2. The number of aliphatic hydroxyl groups excluding tert-OH is 1. The SMILES string of the molecule is Cc1nnc(SCC2CC(c3ccc(CO)cc3)OC(c3ccc(-c4cccc(CNC(=O)CCCCCCC(=O)NO)c4)cc3)O2)s1. The van der Waals surface area contributed by atoms with Crippen LogP contribution in [0.15, 0.2) is 77.1 Å². The van der Waals surface area contributed by atoms with Crippen molar-refractivity contribution in [3.8, 4) is 11.1 Å². The van der Waals surface area contributed by atoms with E-state index in [0.717, 1.165) is 67.7 Å². The fourth-order valence-electron chi connectivity index (χ4n) is 5.49. The molecule has 0 radical (unpaired) electrons. The Labute approximate surface area is 289 Å². The number of carbonyl (C=O) groups excluding carboxylic acids is 2. The monoisotopic (exact) mass is 690 g/mol. The number of amides is 2. The summed E-state index contributed by atoms with van der Waals surface area (Å²) >= 11 is 3.23. The number of hydrogen-bond acceptors (Lipinski definition) is 10. The maximum Gasteiger partial charge on any atom is 0.243 e. The van der Waals surface area contributed by atoms with Crippen LogP contribution in [0.25, 0.3) is 11.1 Å². The van der Waals surface area contributed by atoms with Crippen molar-refractivity contribution in [3.05, 3.63) is 100 Å². The van der Waals surface area contributed by atoms with Gasteiger partial charge in [0, 0.05) is 37.1 Å². The van der Waals surface area contributed by atoms with Crippen molar-refractivity contribution in [2.45, 2.75) is 87.9 Å². The molecule has 0 bridgehead atoms. The molecule has 0 spiro atoms. The summed E-state index contributed by atoms with van der Waals surface area (Å²) in [4.78, 5) is 23.4. The van der Waals surface area contributed by atoms with E-state index in [0.29, 0.717) is 25.8 Å². The first-order valence-electron chi connectivity index (χ1n) is 16.2. The standard InChI is InChI=1S/C36H42N4O6S2/c1-24-38-39-36(48-24)47-23-31-20-32(28-13-11-25(22-41)12-14-28)46-35(45-31)29-17-15-27(16-18-29)30-8-6-7-26(19-30)21-37-33(42)9-4-2-3-5-10-34(43)40-44/h6-8,11-19,31-32,35,41,44H,2-5,9-10,20-23H2,1H3,(H,37,42)(H,40,43). The summed E-state index contributed by atoms with van der Waals surface area (Å²) in [6.45, 7) is 2.40. The van der Waals surface area contributed by atoms with E-state index < -0.39 is 6.29 Å². The molecule has 1 aliphatic heterocycles. The van der Waals surface area contributed by atoms with Crippen molar-refractivity contribution in [3.63, 3.8) is 0 Å². The highest BCUT2D eigenvalue weighted by atomic mass is 32.2. The van der Waals surface area contributed by atoms with Crippen molar-refractivity contribution in [2.75, 3.05) is 5.75 Å². The van der Waals surface area contributed by atoms with E-state index in [1.807, 2.05) is 55.5 Å². The van der Waals surface area contributed by atoms with E-state index in [9.17, 15) is 14.7 Å². The van der Waals surface area contributed by atoms with Gasteiger partial charge in [-0.2, -0.15) is 0 Å². The number of aliphatic hydroxyl groups is 1. The van der Waals surface area contributed by atoms with E-state index in [4.69, 9.17) is 14.7 Å². The van der Waals surface area contributed by atoms with Crippen LogP contribution in [0, 0.1) is 6.92 Å². The minimum Gasteiger partial charge on any atom is -0.392 e. The fraction of sp³-hybridized carbons (Fsp3) is 0.389. The zero-order chi connectivity index (χ0) is 33.7. The first kappa shape index (κ1) is 35.7. The molecule has 1 fully saturated rings. The summed E-state index contributed by atoms with van der Waals surface area (Å²) in [6.07, 6.45) is 3.80. The molecule has 10 nitrogen and oxygen atoms in total. The Balaban J connectivity index is 1.17. The zero-order valence-corrected chi connectivity index (χ0v) is 28.6. The summed E-state index contributed by atoms with van der Waals surface area (Å²) in [7, 11) is 0. The highest BCUT2D eigenvalue weighted by molar-refractivity contribution is 8.01. The Hall–Kier alpha value is -3.65. The van der Waals surface area contributed by atoms with Gasteiger partial charge in [-0.05, 0) is 53.6 Å². The number of rotatable bonds is 16. The third kappa shape index (κ3) is 10.7. The lowest BCUT2D eigenvalue weighted by atomic mass is 9.99. The summed E-state index contributed by atoms with van der Waals surface area (Å²) in [5.74, 6) is 0.351. The van der Waals surface area contributed by atoms with Crippen LogP contribution in [0.4, 0.5) is 0 Å². The van der Waals surface area contributed by atoms with Crippen molar-refractivity contribution in [1.29, 1.82) is 0 Å². The topological polar surface area (TPSA) is 143 Å². The van der Waals surface area contributed by atoms with Gasteiger partial charge in [0.25, 0.3) is 0 Å². The zero-order valence-electron chi connectivity index (χ0n) is 27.0. The van der Waals surface area contributed by atoms with Gasteiger partial charge in [-0.15, -0.1) is 10.2 Å². The van der Waals surface area contributed by atoms with Gasteiger partial charge in [0.15, 0.2) is 10.6 Å². The van der Waals surface area contributed by atoms with E-state index in [1.54, 1.807) is 28.6 Å². The van der Waals surface area contributed by atoms with Gasteiger partial charge in [-0.3, -0.25) is 14.8 Å². The number of carbonyl (C=O) groups is 2. The molecule has 4 N–H and O–H groups in total. The summed E-state index contributed by atoms with van der Waals surface area (Å²) in [5, 5.41) is 30.4. The first-order chi connectivity index (χ1) is 23.4. The number of unbranched alkanes of at least 4 members (excludes halogenated alkanes) is 3. The molecule has 12 heteroatoms. The fourth-order valence-corrected chi connectivity index (χ4v) is 7.35. The second-order valence-electron chi connectivity index (χ2n) is 11.8. The van der Waals surface area contributed by atoms with Gasteiger partial charge >= 0.3 is 0 Å². The molecular formula is C36H42N4O6S2. The summed E-state index contributed by atoms with van der Waals surface area (Å²) in [5.41, 5.74) is 7.58. The van der Waals surface area contributed by atoms with Gasteiger partial charge in [-0.25, -0.2) is 5.48 Å². The predicted octanol–water partition coefficient (Wildman–Crippen LogP) is 6.81. The highest BCUT2D eigenvalue weighted by Gasteiger charge is 2.32. The van der Waals surface area contributed by atoms with Crippen LogP contribution >= 0.6 is 23.1 Å². The Morgan fingerprint density at radius 2 is 1.60 bits per heavy atom. The molecule has 4 aromatic rings. The van der Waals surface area contributed by atoms with Crippen molar-refractivity contribution in [1.82, 2.24) is 21.0 Å². The lowest BCUT2D eigenvalue weighted by Gasteiger charge is -2.36. The van der Waals surface area contributed by atoms with Gasteiger partial charge in [-0.1, -0.05) is 103 Å². The molecule has 1 saturated heterocycles. The summed E-state index contributed by atoms with van der Waals surface area (Å²) < 4.78 is 13.9. The number of aromatic nitrogens is 2. The smallest absolute Gasteiger partial charge is 0.243 e. The van der Waals surface area contributed by atoms with Gasteiger partial charge < -0.3 is 19.9 Å². The molecular weight excluding hydrogens is 649 g/mol. The third-order valence-electron chi connectivity index (χ3n) is 8.13. The molecule has 254 valence electrons. The van der Waals surface area contributed by atoms with Crippen LogP contribution in [0.1, 0.15) is 84.6 Å². The molecule has 2 heterocycles. The number of hydroxylamine groups is 1. The Morgan fingerprint density at radius 3 is 2.29 bits per heavy atom. The highest BCUT2D eigenvalue weighted by Crippen LogP contribution is 2.40. The maximum atomic E-state index is 12.4. The number of hydrogen-bond donors (Lipinski definition) is 4. The van der Waals surface area contributed by atoms with Crippen LogP contribution in [0.5, 0.6) is 0 Å². The van der Waals surface area contributed by atoms with E-state index >= 15 is 0 Å². The van der Waals surface area contributed by atoms with Gasteiger partial charge in [0.2, 0.25) is 11.8 Å². The molecule has 0 saturated carbocycles. The van der Waals surface area contributed by atoms with Crippen LogP contribution in [-0.2, 0) is 32.2 Å². The quantitative estimate of drug-likeness (QED) is 0.0432. The number of nitrogens with zero attached hydrogens (tertiary/aromatic N) is 2. The molecule has 5 rings (SSSR count). The van der Waals surface area contributed by atoms with E-state index in [1.165, 1.54) is 0 Å². The number of thioether (sulfide) groups is 1. The molecule has 3 atom stereocenters. The molecule has 0 aliphatic carbocycles. The van der Waals surface area contributed by atoms with Crippen molar-refractivity contribution in [2.24, 2.45) is 0 Å². The summed E-state index contributed by atoms with van der Waals surface area (Å²) in [6, 6.07) is 24.2. The average Bonchev–Trinajstić information content (AvgIpc) is 3.56.